The maximum absolute atomic E-state index is 5.52. The molecule has 0 radical (unpaired) electrons. The van der Waals surface area contributed by atoms with Gasteiger partial charge < -0.3 is 10.3 Å². The number of nitrogens with one attached hydrogen (secondary N) is 1. The number of nitrogen functional groups attached to an aromatic ring is 1. The van der Waals surface area contributed by atoms with Crippen LogP contribution in [0.15, 0.2) is 0 Å². The standard InChI is InChI=1S/C12H21N5/c1-7(2)10-14-11(16-13)8(3)12(15-10)17(4)9-5-6-9/h7,9H,5-6,13H2,1-4H3,(H,14,15,16). The van der Waals surface area contributed by atoms with Crippen molar-refractivity contribution in [2.24, 2.45) is 5.84 Å². The number of hydrogen-bond acceptors (Lipinski definition) is 5. The van der Waals surface area contributed by atoms with Gasteiger partial charge in [0.15, 0.2) is 0 Å². The molecular weight excluding hydrogens is 214 g/mol. The van der Waals surface area contributed by atoms with Crippen molar-refractivity contribution in [2.45, 2.75) is 45.6 Å². The SMILES string of the molecule is Cc1c(NN)nc(C(C)C)nc1N(C)C1CC1. The molecule has 1 aliphatic rings. The molecule has 5 heteroatoms. The summed E-state index contributed by atoms with van der Waals surface area (Å²) in [5.74, 6) is 8.39. The molecule has 0 amide bonds. The highest BCUT2D eigenvalue weighted by Gasteiger charge is 2.29. The monoisotopic (exact) mass is 235 g/mol. The molecule has 1 heterocycles. The average Bonchev–Trinajstić information content (AvgIpc) is 3.12. The van der Waals surface area contributed by atoms with Crippen LogP contribution in [-0.4, -0.2) is 23.1 Å². The normalized spacial score (nSPS) is 15.2. The average molecular weight is 235 g/mol. The molecule has 0 bridgehead atoms. The summed E-state index contributed by atoms with van der Waals surface area (Å²) in [7, 11) is 2.09. The zero-order valence-corrected chi connectivity index (χ0v) is 11.0. The minimum absolute atomic E-state index is 0.300. The van der Waals surface area contributed by atoms with Gasteiger partial charge in [0.25, 0.3) is 0 Å². The Kier molecular flexibility index (Phi) is 3.19. The minimum atomic E-state index is 0.300. The van der Waals surface area contributed by atoms with E-state index in [1.165, 1.54) is 12.8 Å². The second kappa shape index (κ2) is 4.49. The fourth-order valence-corrected chi connectivity index (χ4v) is 1.90. The summed E-state index contributed by atoms with van der Waals surface area (Å²) in [6.45, 7) is 6.19. The number of nitrogens with zero attached hydrogens (tertiary/aromatic N) is 3. The molecule has 0 unspecified atom stereocenters. The van der Waals surface area contributed by atoms with Gasteiger partial charge in [0, 0.05) is 24.6 Å². The number of anilines is 2. The highest BCUT2D eigenvalue weighted by Crippen LogP contribution is 2.33. The Morgan fingerprint density at radius 3 is 2.47 bits per heavy atom. The first-order chi connectivity index (χ1) is 8.04. The van der Waals surface area contributed by atoms with Crippen LogP contribution in [0.2, 0.25) is 0 Å². The predicted molar refractivity (Wildman–Crippen MR) is 70.1 cm³/mol. The zero-order chi connectivity index (χ0) is 12.6. The third-order valence-corrected chi connectivity index (χ3v) is 3.22. The van der Waals surface area contributed by atoms with E-state index in [0.717, 1.165) is 23.0 Å². The summed E-state index contributed by atoms with van der Waals surface area (Å²) in [6, 6.07) is 0.634. The van der Waals surface area contributed by atoms with Crippen LogP contribution in [0.5, 0.6) is 0 Å². The maximum atomic E-state index is 5.52. The zero-order valence-electron chi connectivity index (χ0n) is 11.0. The smallest absolute Gasteiger partial charge is 0.148 e. The van der Waals surface area contributed by atoms with Crippen molar-refractivity contribution in [1.29, 1.82) is 0 Å². The van der Waals surface area contributed by atoms with E-state index in [-0.39, 0.29) is 0 Å². The largest absolute Gasteiger partial charge is 0.356 e. The van der Waals surface area contributed by atoms with Crippen LogP contribution in [0.3, 0.4) is 0 Å². The fraction of sp³-hybridized carbons (Fsp3) is 0.667. The number of nitrogens with two attached hydrogens (primary N) is 1. The molecule has 1 aromatic rings. The first-order valence-corrected chi connectivity index (χ1v) is 6.12. The first kappa shape index (κ1) is 12.1. The van der Waals surface area contributed by atoms with E-state index in [1.54, 1.807) is 0 Å². The van der Waals surface area contributed by atoms with Crippen molar-refractivity contribution in [1.82, 2.24) is 9.97 Å². The molecule has 1 aromatic heterocycles. The third-order valence-electron chi connectivity index (χ3n) is 3.22. The Bertz CT molecular complexity index is 412. The number of hydrazine groups is 1. The summed E-state index contributed by atoms with van der Waals surface area (Å²) in [6.07, 6.45) is 2.50. The molecular formula is C12H21N5. The van der Waals surface area contributed by atoms with Crippen LogP contribution >= 0.6 is 0 Å². The quantitative estimate of drug-likeness (QED) is 0.615. The maximum Gasteiger partial charge on any atom is 0.148 e. The summed E-state index contributed by atoms with van der Waals surface area (Å²) in [4.78, 5) is 11.3. The van der Waals surface area contributed by atoms with Crippen molar-refractivity contribution in [3.8, 4) is 0 Å². The lowest BCUT2D eigenvalue weighted by Gasteiger charge is -2.22. The Balaban J connectivity index is 2.44. The first-order valence-electron chi connectivity index (χ1n) is 6.12. The van der Waals surface area contributed by atoms with Gasteiger partial charge in [0.2, 0.25) is 0 Å². The van der Waals surface area contributed by atoms with Crippen molar-refractivity contribution >= 4 is 11.6 Å². The highest BCUT2D eigenvalue weighted by atomic mass is 15.3. The summed E-state index contributed by atoms with van der Waals surface area (Å²) < 4.78 is 0. The Morgan fingerprint density at radius 1 is 1.35 bits per heavy atom. The number of aromatic nitrogens is 2. The molecule has 94 valence electrons. The van der Waals surface area contributed by atoms with Crippen molar-refractivity contribution in [3.63, 3.8) is 0 Å². The number of hydrogen-bond donors (Lipinski definition) is 2. The van der Waals surface area contributed by atoms with Crippen molar-refractivity contribution in [3.05, 3.63) is 11.4 Å². The second-order valence-electron chi connectivity index (χ2n) is 5.02. The molecule has 0 spiro atoms. The number of rotatable bonds is 4. The highest BCUT2D eigenvalue weighted by molar-refractivity contribution is 5.59. The van der Waals surface area contributed by atoms with Crippen LogP contribution in [-0.2, 0) is 0 Å². The van der Waals surface area contributed by atoms with Gasteiger partial charge in [-0.2, -0.15) is 0 Å². The Hall–Kier alpha value is -1.36. The molecule has 0 aromatic carbocycles. The van der Waals surface area contributed by atoms with Gasteiger partial charge in [-0.15, -0.1) is 0 Å². The van der Waals surface area contributed by atoms with Crippen LogP contribution in [0.25, 0.3) is 0 Å². The van der Waals surface area contributed by atoms with E-state index in [2.05, 4.69) is 41.2 Å². The Labute approximate surface area is 102 Å². The van der Waals surface area contributed by atoms with Gasteiger partial charge >= 0.3 is 0 Å². The predicted octanol–water partition coefficient (Wildman–Crippen LogP) is 1.79. The molecule has 0 saturated heterocycles. The lowest BCUT2D eigenvalue weighted by molar-refractivity contribution is 0.758. The third kappa shape index (κ3) is 2.34. The molecule has 1 saturated carbocycles. The fourth-order valence-electron chi connectivity index (χ4n) is 1.90. The second-order valence-corrected chi connectivity index (χ2v) is 5.02. The van der Waals surface area contributed by atoms with Gasteiger partial charge in [-0.05, 0) is 19.8 Å². The molecule has 0 aliphatic heterocycles. The molecule has 0 atom stereocenters. The summed E-state index contributed by atoms with van der Waals surface area (Å²) in [5, 5.41) is 0. The lowest BCUT2D eigenvalue weighted by atomic mass is 10.2. The van der Waals surface area contributed by atoms with Gasteiger partial charge in [-0.1, -0.05) is 13.8 Å². The van der Waals surface area contributed by atoms with Crippen molar-refractivity contribution in [2.75, 3.05) is 17.4 Å². The van der Waals surface area contributed by atoms with Gasteiger partial charge in [-0.25, -0.2) is 15.8 Å². The van der Waals surface area contributed by atoms with Gasteiger partial charge in [0.05, 0.1) is 0 Å². The summed E-state index contributed by atoms with van der Waals surface area (Å²) in [5.41, 5.74) is 3.69. The summed E-state index contributed by atoms with van der Waals surface area (Å²) >= 11 is 0. The molecule has 1 fully saturated rings. The molecule has 2 rings (SSSR count). The molecule has 17 heavy (non-hydrogen) atoms. The minimum Gasteiger partial charge on any atom is -0.356 e. The van der Waals surface area contributed by atoms with Crippen LogP contribution in [0.4, 0.5) is 11.6 Å². The van der Waals surface area contributed by atoms with E-state index in [0.29, 0.717) is 12.0 Å². The Morgan fingerprint density at radius 2 is 2.00 bits per heavy atom. The van der Waals surface area contributed by atoms with E-state index in [1.807, 2.05) is 6.92 Å². The van der Waals surface area contributed by atoms with Crippen molar-refractivity contribution < 1.29 is 0 Å². The molecule has 1 aliphatic carbocycles. The van der Waals surface area contributed by atoms with Gasteiger partial charge in [-0.3, -0.25) is 0 Å². The van der Waals surface area contributed by atoms with Crippen LogP contribution in [0, 0.1) is 6.92 Å². The van der Waals surface area contributed by atoms with Crippen LogP contribution < -0.4 is 16.2 Å². The molecule has 3 N–H and O–H groups in total. The topological polar surface area (TPSA) is 67.1 Å². The van der Waals surface area contributed by atoms with E-state index in [9.17, 15) is 0 Å². The molecule has 5 nitrogen and oxygen atoms in total. The van der Waals surface area contributed by atoms with Gasteiger partial charge in [0.1, 0.15) is 17.5 Å². The van der Waals surface area contributed by atoms with E-state index >= 15 is 0 Å². The lowest BCUT2D eigenvalue weighted by Crippen LogP contribution is -2.24. The van der Waals surface area contributed by atoms with E-state index < -0.39 is 0 Å². The van der Waals surface area contributed by atoms with E-state index in [4.69, 9.17) is 5.84 Å². The van der Waals surface area contributed by atoms with Crippen LogP contribution in [0.1, 0.15) is 44.0 Å².